The molecular formula is C11H9Br2N3OS2. The molecule has 100 valence electrons. The Hall–Kier alpha value is -0.280. The Balaban J connectivity index is 1.77. The smallest absolute Gasteiger partial charge is 0.267 e. The number of aromatic nitrogens is 1. The lowest BCUT2D eigenvalue weighted by Crippen LogP contribution is -2.22. The lowest BCUT2D eigenvalue weighted by atomic mass is 10.2. The standard InChI is InChI=1S/C11H9Br2N3OS2/c12-5-3-7(18-9(5)13)10(17)16-11-15-6-1-2-14-4-8(6)19-11/h3,14H,1-2,4H2,(H,15,16,17). The molecule has 0 fully saturated rings. The maximum atomic E-state index is 12.1. The van der Waals surface area contributed by atoms with E-state index in [-0.39, 0.29) is 5.91 Å². The Morgan fingerprint density at radius 2 is 2.26 bits per heavy atom. The number of fused-ring (bicyclic) bond motifs is 1. The number of nitrogens with zero attached hydrogens (tertiary/aromatic N) is 1. The molecule has 0 saturated heterocycles. The molecule has 3 heterocycles. The molecule has 0 unspecified atom stereocenters. The van der Waals surface area contributed by atoms with Gasteiger partial charge < -0.3 is 5.32 Å². The highest BCUT2D eigenvalue weighted by molar-refractivity contribution is 9.13. The summed E-state index contributed by atoms with van der Waals surface area (Å²) in [5.74, 6) is -0.115. The molecule has 19 heavy (non-hydrogen) atoms. The molecule has 1 aliphatic heterocycles. The van der Waals surface area contributed by atoms with Gasteiger partial charge in [-0.25, -0.2) is 4.98 Å². The van der Waals surface area contributed by atoms with Gasteiger partial charge in [0, 0.05) is 28.9 Å². The van der Waals surface area contributed by atoms with E-state index in [1.165, 1.54) is 16.2 Å². The van der Waals surface area contributed by atoms with Gasteiger partial charge in [-0.05, 0) is 37.9 Å². The van der Waals surface area contributed by atoms with E-state index >= 15 is 0 Å². The first-order valence-electron chi connectivity index (χ1n) is 5.59. The van der Waals surface area contributed by atoms with Crippen LogP contribution >= 0.6 is 54.5 Å². The van der Waals surface area contributed by atoms with E-state index in [0.29, 0.717) is 10.0 Å². The van der Waals surface area contributed by atoms with E-state index in [1.807, 2.05) is 0 Å². The highest BCUT2D eigenvalue weighted by atomic mass is 79.9. The summed E-state index contributed by atoms with van der Waals surface area (Å²) in [6, 6.07) is 1.80. The van der Waals surface area contributed by atoms with Gasteiger partial charge in [-0.2, -0.15) is 0 Å². The fourth-order valence-electron chi connectivity index (χ4n) is 1.80. The third-order valence-corrected chi connectivity index (χ3v) is 6.96. The first kappa shape index (κ1) is 13.7. The zero-order valence-electron chi connectivity index (χ0n) is 9.63. The van der Waals surface area contributed by atoms with Gasteiger partial charge in [0.2, 0.25) is 0 Å². The Morgan fingerprint density at radius 1 is 1.42 bits per heavy atom. The summed E-state index contributed by atoms with van der Waals surface area (Å²) >= 11 is 9.71. The lowest BCUT2D eigenvalue weighted by Gasteiger charge is -2.09. The van der Waals surface area contributed by atoms with Crippen LogP contribution in [0.25, 0.3) is 0 Å². The molecule has 0 radical (unpaired) electrons. The van der Waals surface area contributed by atoms with Gasteiger partial charge in [0.15, 0.2) is 5.13 Å². The summed E-state index contributed by atoms with van der Waals surface area (Å²) < 4.78 is 1.81. The zero-order valence-corrected chi connectivity index (χ0v) is 14.4. The Bertz CT molecular complexity index is 595. The fourth-order valence-corrected chi connectivity index (χ4v) is 4.70. The second-order valence-corrected chi connectivity index (χ2v) is 8.31. The Kier molecular flexibility index (Phi) is 4.04. The largest absolute Gasteiger partial charge is 0.311 e. The fraction of sp³-hybridized carbons (Fsp3) is 0.273. The molecule has 0 aromatic carbocycles. The molecule has 0 spiro atoms. The highest BCUT2D eigenvalue weighted by Gasteiger charge is 2.18. The number of amides is 1. The molecule has 2 aromatic rings. The topological polar surface area (TPSA) is 54.0 Å². The average molecular weight is 423 g/mol. The van der Waals surface area contributed by atoms with Crippen molar-refractivity contribution in [2.24, 2.45) is 0 Å². The van der Waals surface area contributed by atoms with Gasteiger partial charge in [-0.15, -0.1) is 22.7 Å². The van der Waals surface area contributed by atoms with Crippen LogP contribution < -0.4 is 10.6 Å². The second kappa shape index (κ2) is 5.61. The van der Waals surface area contributed by atoms with Crippen molar-refractivity contribution in [3.8, 4) is 0 Å². The molecule has 1 aliphatic rings. The number of carbonyl (C=O) groups excluding carboxylic acids is 1. The number of anilines is 1. The maximum Gasteiger partial charge on any atom is 0.267 e. The van der Waals surface area contributed by atoms with Gasteiger partial charge in [0.1, 0.15) is 0 Å². The van der Waals surface area contributed by atoms with Crippen molar-refractivity contribution in [2.75, 3.05) is 11.9 Å². The molecule has 0 atom stereocenters. The third-order valence-electron chi connectivity index (χ3n) is 2.69. The normalized spacial score (nSPS) is 14.2. The Labute approximate surface area is 134 Å². The minimum Gasteiger partial charge on any atom is -0.311 e. The first-order valence-corrected chi connectivity index (χ1v) is 8.81. The van der Waals surface area contributed by atoms with Crippen LogP contribution in [0.4, 0.5) is 5.13 Å². The zero-order chi connectivity index (χ0) is 13.4. The van der Waals surface area contributed by atoms with Gasteiger partial charge >= 0.3 is 0 Å². The van der Waals surface area contributed by atoms with Gasteiger partial charge in [-0.1, -0.05) is 0 Å². The van der Waals surface area contributed by atoms with Crippen LogP contribution in [0.2, 0.25) is 0 Å². The third kappa shape index (κ3) is 2.92. The van der Waals surface area contributed by atoms with Crippen molar-refractivity contribution in [3.63, 3.8) is 0 Å². The number of thiazole rings is 1. The van der Waals surface area contributed by atoms with E-state index in [9.17, 15) is 4.79 Å². The van der Waals surface area contributed by atoms with E-state index < -0.39 is 0 Å². The predicted octanol–water partition coefficient (Wildman–Crippen LogP) is 3.63. The van der Waals surface area contributed by atoms with Crippen molar-refractivity contribution < 1.29 is 4.79 Å². The predicted molar refractivity (Wildman–Crippen MR) is 85.2 cm³/mol. The van der Waals surface area contributed by atoms with Crippen LogP contribution in [-0.4, -0.2) is 17.4 Å². The molecule has 2 N–H and O–H groups in total. The van der Waals surface area contributed by atoms with Gasteiger partial charge in [-0.3, -0.25) is 10.1 Å². The number of thiophene rings is 1. The molecular weight excluding hydrogens is 414 g/mol. The summed E-state index contributed by atoms with van der Waals surface area (Å²) in [6.45, 7) is 1.80. The number of carbonyl (C=O) groups is 1. The molecule has 8 heteroatoms. The monoisotopic (exact) mass is 421 g/mol. The van der Waals surface area contributed by atoms with Crippen LogP contribution in [0.15, 0.2) is 14.3 Å². The lowest BCUT2D eigenvalue weighted by molar-refractivity contribution is 0.103. The molecule has 1 amide bonds. The van der Waals surface area contributed by atoms with Gasteiger partial charge in [0.05, 0.1) is 14.4 Å². The summed E-state index contributed by atoms with van der Waals surface area (Å²) in [5.41, 5.74) is 1.10. The number of nitrogens with one attached hydrogen (secondary N) is 2. The average Bonchev–Trinajstić information content (AvgIpc) is 2.93. The van der Waals surface area contributed by atoms with Crippen molar-refractivity contribution in [2.45, 2.75) is 13.0 Å². The van der Waals surface area contributed by atoms with Crippen molar-refractivity contribution in [1.82, 2.24) is 10.3 Å². The van der Waals surface area contributed by atoms with Crippen molar-refractivity contribution in [3.05, 3.63) is 29.8 Å². The van der Waals surface area contributed by atoms with Crippen LogP contribution in [0.1, 0.15) is 20.2 Å². The molecule has 0 bridgehead atoms. The minimum absolute atomic E-state index is 0.115. The van der Waals surface area contributed by atoms with Gasteiger partial charge in [0.25, 0.3) is 5.91 Å². The number of hydrogen-bond acceptors (Lipinski definition) is 5. The number of hydrogen-bond donors (Lipinski definition) is 2. The quantitative estimate of drug-likeness (QED) is 0.776. The van der Waals surface area contributed by atoms with Crippen LogP contribution in [0, 0.1) is 0 Å². The molecule has 0 saturated carbocycles. The summed E-state index contributed by atoms with van der Waals surface area (Å²) in [5, 5.41) is 6.84. The first-order chi connectivity index (χ1) is 9.13. The maximum absolute atomic E-state index is 12.1. The van der Waals surface area contributed by atoms with Crippen molar-refractivity contribution >= 4 is 65.6 Å². The second-order valence-electron chi connectivity index (χ2n) is 4.00. The summed E-state index contributed by atoms with van der Waals surface area (Å²) in [7, 11) is 0. The summed E-state index contributed by atoms with van der Waals surface area (Å²) in [6.07, 6.45) is 0.928. The minimum atomic E-state index is -0.115. The number of halogens is 2. The Morgan fingerprint density at radius 3 is 2.95 bits per heavy atom. The van der Waals surface area contributed by atoms with E-state index in [2.05, 4.69) is 47.5 Å². The van der Waals surface area contributed by atoms with Crippen LogP contribution in [0.3, 0.4) is 0 Å². The van der Waals surface area contributed by atoms with Crippen LogP contribution in [-0.2, 0) is 13.0 Å². The molecule has 0 aliphatic carbocycles. The SMILES string of the molecule is O=C(Nc1nc2c(s1)CNCC2)c1cc(Br)c(Br)s1. The molecule has 3 rings (SSSR count). The molecule has 2 aromatic heterocycles. The van der Waals surface area contributed by atoms with Crippen LogP contribution in [0.5, 0.6) is 0 Å². The van der Waals surface area contributed by atoms with E-state index in [1.54, 1.807) is 17.4 Å². The van der Waals surface area contributed by atoms with E-state index in [0.717, 1.165) is 33.5 Å². The summed E-state index contributed by atoms with van der Waals surface area (Å²) in [4.78, 5) is 18.4. The highest BCUT2D eigenvalue weighted by Crippen LogP contribution is 2.33. The number of rotatable bonds is 2. The van der Waals surface area contributed by atoms with Crippen molar-refractivity contribution in [1.29, 1.82) is 0 Å². The van der Waals surface area contributed by atoms with E-state index in [4.69, 9.17) is 0 Å². The molecule has 4 nitrogen and oxygen atoms in total.